The van der Waals surface area contributed by atoms with Crippen LogP contribution in [0.4, 0.5) is 0 Å². The monoisotopic (exact) mass is 483 g/mol. The van der Waals surface area contributed by atoms with Crippen molar-refractivity contribution in [2.75, 3.05) is 45.9 Å². The maximum absolute atomic E-state index is 13.5. The zero-order valence-corrected chi connectivity index (χ0v) is 21.2. The Balaban J connectivity index is 1.63. The van der Waals surface area contributed by atoms with Crippen molar-refractivity contribution in [1.82, 2.24) is 14.7 Å². The maximum atomic E-state index is 13.5. The summed E-state index contributed by atoms with van der Waals surface area (Å²) in [6.07, 6.45) is 7.18. The standard InChI is InChI=1S/C28H41N3O4/c1-2-3-4-8-14-27(32)30(16-10-15-29-17-20-34-21-18-29)24-28(33)31(23-26-13-9-19-35-26)22-25-11-6-5-7-12-25/h5-7,9,11-13,19H,2-4,8,10,14-18,20-24H2,1H3. The van der Waals surface area contributed by atoms with Crippen molar-refractivity contribution in [3.8, 4) is 0 Å². The van der Waals surface area contributed by atoms with Crippen molar-refractivity contribution in [3.05, 3.63) is 60.1 Å². The molecule has 1 aromatic carbocycles. The number of amides is 2. The molecule has 1 aromatic heterocycles. The molecule has 0 spiro atoms. The lowest BCUT2D eigenvalue weighted by Crippen LogP contribution is -2.44. The largest absolute Gasteiger partial charge is 0.467 e. The predicted molar refractivity (Wildman–Crippen MR) is 137 cm³/mol. The number of hydrogen-bond acceptors (Lipinski definition) is 5. The summed E-state index contributed by atoms with van der Waals surface area (Å²) in [6.45, 7) is 8.02. The third-order valence-corrected chi connectivity index (χ3v) is 6.42. The SMILES string of the molecule is CCCCCCC(=O)N(CCCN1CCOCC1)CC(=O)N(Cc1ccccc1)Cc1ccco1. The molecular weight excluding hydrogens is 442 g/mol. The zero-order chi connectivity index (χ0) is 24.7. The van der Waals surface area contributed by atoms with Crippen LogP contribution in [-0.2, 0) is 27.4 Å². The van der Waals surface area contributed by atoms with Crippen LogP contribution in [0.3, 0.4) is 0 Å². The van der Waals surface area contributed by atoms with Gasteiger partial charge in [0.25, 0.3) is 0 Å². The summed E-state index contributed by atoms with van der Waals surface area (Å²) in [6, 6.07) is 13.7. The fourth-order valence-corrected chi connectivity index (χ4v) is 4.35. The number of furan rings is 1. The van der Waals surface area contributed by atoms with Gasteiger partial charge in [-0.1, -0.05) is 56.5 Å². The van der Waals surface area contributed by atoms with Crippen LogP contribution in [0.15, 0.2) is 53.1 Å². The topological polar surface area (TPSA) is 66.2 Å². The van der Waals surface area contributed by atoms with Gasteiger partial charge >= 0.3 is 0 Å². The molecule has 192 valence electrons. The molecule has 1 aliphatic rings. The molecule has 0 unspecified atom stereocenters. The van der Waals surface area contributed by atoms with Gasteiger partial charge in [-0.2, -0.15) is 0 Å². The van der Waals surface area contributed by atoms with E-state index in [4.69, 9.17) is 9.15 Å². The average Bonchev–Trinajstić information content (AvgIpc) is 3.40. The number of rotatable bonds is 15. The number of carbonyl (C=O) groups is 2. The van der Waals surface area contributed by atoms with Gasteiger partial charge in [0.2, 0.25) is 11.8 Å². The first-order valence-electron chi connectivity index (χ1n) is 13.1. The van der Waals surface area contributed by atoms with Crippen molar-refractivity contribution in [1.29, 1.82) is 0 Å². The lowest BCUT2D eigenvalue weighted by molar-refractivity contribution is -0.141. The molecule has 2 aromatic rings. The van der Waals surface area contributed by atoms with E-state index in [1.165, 1.54) is 0 Å². The summed E-state index contributed by atoms with van der Waals surface area (Å²) in [7, 11) is 0. The van der Waals surface area contributed by atoms with Gasteiger partial charge in [-0.25, -0.2) is 0 Å². The van der Waals surface area contributed by atoms with Crippen LogP contribution in [0.1, 0.15) is 56.8 Å². The Hall–Kier alpha value is -2.64. The van der Waals surface area contributed by atoms with Gasteiger partial charge in [0.1, 0.15) is 5.76 Å². The van der Waals surface area contributed by atoms with Gasteiger partial charge in [0, 0.05) is 39.1 Å². The van der Waals surface area contributed by atoms with Crippen LogP contribution in [-0.4, -0.2) is 72.5 Å². The molecule has 0 N–H and O–H groups in total. The number of ether oxygens (including phenoxy) is 1. The lowest BCUT2D eigenvalue weighted by atomic mass is 10.1. The minimum Gasteiger partial charge on any atom is -0.467 e. The minimum absolute atomic E-state index is 0.0569. The Labute approximate surface area is 210 Å². The molecule has 2 amide bonds. The highest BCUT2D eigenvalue weighted by Gasteiger charge is 2.22. The fourth-order valence-electron chi connectivity index (χ4n) is 4.35. The molecule has 3 rings (SSSR count). The predicted octanol–water partition coefficient (Wildman–Crippen LogP) is 4.33. The van der Waals surface area contributed by atoms with Crippen LogP contribution in [0.25, 0.3) is 0 Å². The summed E-state index contributed by atoms with van der Waals surface area (Å²) >= 11 is 0. The highest BCUT2D eigenvalue weighted by atomic mass is 16.5. The molecule has 1 aliphatic heterocycles. The molecular formula is C28H41N3O4. The van der Waals surface area contributed by atoms with Crippen molar-refractivity contribution < 1.29 is 18.7 Å². The second-order valence-electron chi connectivity index (χ2n) is 9.25. The first kappa shape index (κ1) is 27.0. The van der Waals surface area contributed by atoms with E-state index < -0.39 is 0 Å². The van der Waals surface area contributed by atoms with Crippen LogP contribution in [0.5, 0.6) is 0 Å². The van der Waals surface area contributed by atoms with E-state index in [1.807, 2.05) is 42.5 Å². The number of morpholine rings is 1. The molecule has 0 saturated carbocycles. The first-order chi connectivity index (χ1) is 17.2. The molecule has 1 fully saturated rings. The van der Waals surface area contributed by atoms with E-state index in [-0.39, 0.29) is 18.4 Å². The first-order valence-corrected chi connectivity index (χ1v) is 13.1. The van der Waals surface area contributed by atoms with Crippen molar-refractivity contribution in [3.63, 3.8) is 0 Å². The summed E-state index contributed by atoms with van der Waals surface area (Å²) in [4.78, 5) is 32.5. The molecule has 35 heavy (non-hydrogen) atoms. The molecule has 0 radical (unpaired) electrons. The van der Waals surface area contributed by atoms with Crippen LogP contribution < -0.4 is 0 Å². The smallest absolute Gasteiger partial charge is 0.242 e. The third kappa shape index (κ3) is 9.86. The second-order valence-corrected chi connectivity index (χ2v) is 9.25. The summed E-state index contributed by atoms with van der Waals surface area (Å²) < 4.78 is 11.0. The Bertz CT molecular complexity index is 850. The van der Waals surface area contributed by atoms with Gasteiger partial charge in [-0.05, 0) is 30.5 Å². The van der Waals surface area contributed by atoms with Gasteiger partial charge in [0.05, 0.1) is 32.6 Å². The van der Waals surface area contributed by atoms with E-state index >= 15 is 0 Å². The van der Waals surface area contributed by atoms with Crippen molar-refractivity contribution in [2.45, 2.75) is 58.5 Å². The second kappa shape index (κ2) is 15.4. The third-order valence-electron chi connectivity index (χ3n) is 6.42. The molecule has 0 aliphatic carbocycles. The molecule has 7 heteroatoms. The van der Waals surface area contributed by atoms with Gasteiger partial charge in [-0.3, -0.25) is 14.5 Å². The number of carbonyl (C=O) groups excluding carboxylic acids is 2. The molecule has 0 bridgehead atoms. The zero-order valence-electron chi connectivity index (χ0n) is 21.2. The number of unbranched alkanes of at least 4 members (excludes halogenated alkanes) is 3. The van der Waals surface area contributed by atoms with Crippen molar-refractivity contribution in [2.24, 2.45) is 0 Å². The van der Waals surface area contributed by atoms with Gasteiger partial charge in [0.15, 0.2) is 0 Å². The Morgan fingerprint density at radius 2 is 1.69 bits per heavy atom. The highest BCUT2D eigenvalue weighted by Crippen LogP contribution is 2.13. The molecule has 0 atom stereocenters. The Kier molecular flexibility index (Phi) is 11.8. The van der Waals surface area contributed by atoms with E-state index in [9.17, 15) is 9.59 Å². The fraction of sp³-hybridized carbons (Fsp3) is 0.571. The van der Waals surface area contributed by atoms with Crippen LogP contribution in [0.2, 0.25) is 0 Å². The lowest BCUT2D eigenvalue weighted by Gasteiger charge is -2.30. The quantitative estimate of drug-likeness (QED) is 0.353. The minimum atomic E-state index is -0.0569. The summed E-state index contributed by atoms with van der Waals surface area (Å²) in [5, 5.41) is 0. The molecule has 2 heterocycles. The summed E-state index contributed by atoms with van der Waals surface area (Å²) in [5.74, 6) is 0.756. The van der Waals surface area contributed by atoms with Crippen LogP contribution >= 0.6 is 0 Å². The number of hydrogen-bond donors (Lipinski definition) is 0. The van der Waals surface area contributed by atoms with Gasteiger partial charge in [-0.15, -0.1) is 0 Å². The van der Waals surface area contributed by atoms with E-state index in [1.54, 1.807) is 16.1 Å². The van der Waals surface area contributed by atoms with E-state index in [0.29, 0.717) is 26.1 Å². The highest BCUT2D eigenvalue weighted by molar-refractivity contribution is 5.84. The molecule has 7 nitrogen and oxygen atoms in total. The molecule has 1 saturated heterocycles. The Morgan fingerprint density at radius 1 is 0.886 bits per heavy atom. The van der Waals surface area contributed by atoms with E-state index in [2.05, 4.69) is 11.8 Å². The Morgan fingerprint density at radius 3 is 2.40 bits per heavy atom. The normalized spacial score (nSPS) is 14.1. The van der Waals surface area contributed by atoms with Gasteiger partial charge < -0.3 is 19.0 Å². The number of benzene rings is 1. The number of nitrogens with zero attached hydrogens (tertiary/aromatic N) is 3. The summed E-state index contributed by atoms with van der Waals surface area (Å²) in [5.41, 5.74) is 1.05. The maximum Gasteiger partial charge on any atom is 0.242 e. The van der Waals surface area contributed by atoms with Crippen LogP contribution in [0, 0.1) is 0 Å². The average molecular weight is 484 g/mol. The van der Waals surface area contributed by atoms with E-state index in [0.717, 1.165) is 76.3 Å². The van der Waals surface area contributed by atoms with Crippen molar-refractivity contribution >= 4 is 11.8 Å².